The van der Waals surface area contributed by atoms with Crippen LogP contribution in [0.25, 0.3) is 0 Å². The van der Waals surface area contributed by atoms with Gasteiger partial charge >= 0.3 is 0 Å². The van der Waals surface area contributed by atoms with Crippen LogP contribution in [0.15, 0.2) is 58.3 Å². The monoisotopic (exact) mass is 278 g/mol. The van der Waals surface area contributed by atoms with Crippen LogP contribution in [0, 0.1) is 0 Å². The van der Waals surface area contributed by atoms with Crippen molar-refractivity contribution in [3.05, 3.63) is 59.1 Å². The third kappa shape index (κ3) is 3.77. The lowest BCUT2D eigenvalue weighted by Crippen LogP contribution is -1.91. The van der Waals surface area contributed by atoms with Crippen LogP contribution in [-0.2, 0) is 6.42 Å². The van der Waals surface area contributed by atoms with Crippen molar-refractivity contribution in [2.45, 2.75) is 22.6 Å². The Kier molecular flexibility index (Phi) is 5.12. The quantitative estimate of drug-likeness (QED) is 0.874. The fourth-order valence-electron chi connectivity index (χ4n) is 1.71. The summed E-state index contributed by atoms with van der Waals surface area (Å²) in [4.78, 5) is 2.42. The maximum absolute atomic E-state index is 8.92. The Labute approximate surface area is 117 Å². The highest BCUT2D eigenvalue weighted by Gasteiger charge is 2.03. The van der Waals surface area contributed by atoms with Crippen molar-refractivity contribution in [1.82, 2.24) is 0 Å². The number of hydrogen-bond acceptors (Lipinski definition) is 2. The molecule has 2 aromatic rings. The van der Waals surface area contributed by atoms with Gasteiger partial charge in [0.25, 0.3) is 0 Å². The maximum Gasteiger partial charge on any atom is 0.0434 e. The van der Waals surface area contributed by atoms with Gasteiger partial charge in [0.1, 0.15) is 0 Å². The second-order valence-electron chi connectivity index (χ2n) is 3.99. The van der Waals surface area contributed by atoms with Gasteiger partial charge in [-0.3, -0.25) is 0 Å². The van der Waals surface area contributed by atoms with E-state index in [2.05, 4.69) is 12.1 Å². The van der Waals surface area contributed by atoms with Crippen LogP contribution in [0.1, 0.15) is 12.0 Å². The van der Waals surface area contributed by atoms with Crippen LogP contribution in [0.2, 0.25) is 5.02 Å². The molecule has 1 nitrogen and oxygen atoms in total. The molecule has 0 aliphatic carbocycles. The number of aryl methyl sites for hydroxylation is 1. The molecule has 18 heavy (non-hydrogen) atoms. The first-order chi connectivity index (χ1) is 8.79. The first-order valence-corrected chi connectivity index (χ1v) is 7.11. The van der Waals surface area contributed by atoms with Gasteiger partial charge in [0.05, 0.1) is 0 Å². The van der Waals surface area contributed by atoms with Crippen LogP contribution in [0.5, 0.6) is 0 Å². The minimum atomic E-state index is 0.236. The van der Waals surface area contributed by atoms with E-state index in [1.807, 2.05) is 36.4 Å². The van der Waals surface area contributed by atoms with Crippen molar-refractivity contribution in [3.63, 3.8) is 0 Å². The Hall–Kier alpha value is -0.960. The lowest BCUT2D eigenvalue weighted by atomic mass is 10.1. The van der Waals surface area contributed by atoms with E-state index < -0.39 is 0 Å². The van der Waals surface area contributed by atoms with Crippen LogP contribution in [-0.4, -0.2) is 11.7 Å². The van der Waals surface area contributed by atoms with Gasteiger partial charge in [-0.2, -0.15) is 0 Å². The fraction of sp³-hybridized carbons (Fsp3) is 0.200. The molecule has 1 N–H and O–H groups in total. The topological polar surface area (TPSA) is 20.2 Å². The number of halogens is 1. The predicted molar refractivity (Wildman–Crippen MR) is 77.4 cm³/mol. The maximum atomic E-state index is 8.92. The van der Waals surface area contributed by atoms with Gasteiger partial charge in [-0.25, -0.2) is 0 Å². The molecule has 0 aromatic heterocycles. The second-order valence-corrected chi connectivity index (χ2v) is 5.54. The molecule has 2 aromatic carbocycles. The standard InChI is InChI=1S/C15H15ClOS/c16-13-7-9-14(10-8-13)18-15-6-2-1-4-12(15)5-3-11-17/h1-2,4,6-10,17H,3,5,11H2. The SMILES string of the molecule is OCCCc1ccccc1Sc1ccc(Cl)cc1. The van der Waals surface area contributed by atoms with Gasteiger partial charge in [-0.15, -0.1) is 0 Å². The number of hydrogen-bond donors (Lipinski definition) is 1. The molecule has 94 valence electrons. The molecule has 2 rings (SSSR count). The van der Waals surface area contributed by atoms with Gasteiger partial charge in [0, 0.05) is 21.4 Å². The fourth-order valence-corrected chi connectivity index (χ4v) is 2.81. The smallest absolute Gasteiger partial charge is 0.0434 e. The molecule has 0 atom stereocenters. The van der Waals surface area contributed by atoms with Crippen molar-refractivity contribution >= 4 is 23.4 Å². The zero-order chi connectivity index (χ0) is 12.8. The highest BCUT2D eigenvalue weighted by Crippen LogP contribution is 2.31. The number of aliphatic hydroxyl groups is 1. The minimum absolute atomic E-state index is 0.236. The van der Waals surface area contributed by atoms with Gasteiger partial charge in [0.15, 0.2) is 0 Å². The van der Waals surface area contributed by atoms with Gasteiger partial charge in [0.2, 0.25) is 0 Å². The van der Waals surface area contributed by atoms with E-state index in [0.717, 1.165) is 17.9 Å². The molecule has 0 unspecified atom stereocenters. The average Bonchev–Trinajstić information content (AvgIpc) is 2.40. The highest BCUT2D eigenvalue weighted by atomic mass is 35.5. The van der Waals surface area contributed by atoms with Crippen molar-refractivity contribution in [2.75, 3.05) is 6.61 Å². The third-order valence-electron chi connectivity index (χ3n) is 2.62. The van der Waals surface area contributed by atoms with Crippen LogP contribution >= 0.6 is 23.4 Å². The number of benzene rings is 2. The van der Waals surface area contributed by atoms with E-state index in [4.69, 9.17) is 16.7 Å². The molecule has 0 radical (unpaired) electrons. The Morgan fingerprint density at radius 1 is 1.00 bits per heavy atom. The van der Waals surface area contributed by atoms with Gasteiger partial charge < -0.3 is 5.11 Å². The molecule has 0 amide bonds. The summed E-state index contributed by atoms with van der Waals surface area (Å²) in [5.41, 5.74) is 1.28. The van der Waals surface area contributed by atoms with Gasteiger partial charge in [-0.05, 0) is 48.7 Å². The molecule has 0 bridgehead atoms. The first kappa shape index (κ1) is 13.5. The van der Waals surface area contributed by atoms with E-state index in [9.17, 15) is 0 Å². The molecule has 0 heterocycles. The van der Waals surface area contributed by atoms with E-state index in [0.29, 0.717) is 0 Å². The summed E-state index contributed by atoms with van der Waals surface area (Å²) in [6.07, 6.45) is 1.71. The Morgan fingerprint density at radius 2 is 1.72 bits per heavy atom. The largest absolute Gasteiger partial charge is 0.396 e. The van der Waals surface area contributed by atoms with Crippen LogP contribution in [0.3, 0.4) is 0 Å². The normalized spacial score (nSPS) is 10.6. The van der Waals surface area contributed by atoms with E-state index in [1.165, 1.54) is 15.4 Å². The third-order valence-corrected chi connectivity index (χ3v) is 4.00. The summed E-state index contributed by atoms with van der Waals surface area (Å²) >= 11 is 7.61. The molecule has 0 saturated heterocycles. The summed E-state index contributed by atoms with van der Waals surface area (Å²) in [5, 5.41) is 9.67. The van der Waals surface area contributed by atoms with Crippen LogP contribution in [0.4, 0.5) is 0 Å². The molecule has 3 heteroatoms. The Morgan fingerprint density at radius 3 is 2.44 bits per heavy atom. The Bertz CT molecular complexity index is 496. The summed E-state index contributed by atoms with van der Waals surface area (Å²) in [5.74, 6) is 0. The molecule has 0 aliphatic heterocycles. The van der Waals surface area contributed by atoms with Crippen LogP contribution < -0.4 is 0 Å². The summed E-state index contributed by atoms with van der Waals surface area (Å²) in [7, 11) is 0. The Balaban J connectivity index is 2.15. The molecular weight excluding hydrogens is 264 g/mol. The summed E-state index contributed by atoms with van der Waals surface area (Å²) in [6, 6.07) is 16.2. The van der Waals surface area contributed by atoms with Crippen molar-refractivity contribution < 1.29 is 5.11 Å². The number of rotatable bonds is 5. The molecular formula is C15H15ClOS. The van der Waals surface area contributed by atoms with E-state index in [1.54, 1.807) is 11.8 Å². The zero-order valence-corrected chi connectivity index (χ0v) is 11.5. The first-order valence-electron chi connectivity index (χ1n) is 5.92. The summed E-state index contributed by atoms with van der Waals surface area (Å²) in [6.45, 7) is 0.236. The van der Waals surface area contributed by atoms with Crippen molar-refractivity contribution in [2.24, 2.45) is 0 Å². The zero-order valence-electron chi connectivity index (χ0n) is 9.97. The average molecular weight is 279 g/mol. The highest BCUT2D eigenvalue weighted by molar-refractivity contribution is 7.99. The van der Waals surface area contributed by atoms with E-state index >= 15 is 0 Å². The lowest BCUT2D eigenvalue weighted by Gasteiger charge is -2.08. The number of aliphatic hydroxyl groups excluding tert-OH is 1. The minimum Gasteiger partial charge on any atom is -0.396 e. The van der Waals surface area contributed by atoms with Crippen molar-refractivity contribution in [3.8, 4) is 0 Å². The van der Waals surface area contributed by atoms with Crippen molar-refractivity contribution in [1.29, 1.82) is 0 Å². The molecule has 0 saturated carbocycles. The summed E-state index contributed by atoms with van der Waals surface area (Å²) < 4.78 is 0. The van der Waals surface area contributed by atoms with E-state index in [-0.39, 0.29) is 6.61 Å². The molecule has 0 spiro atoms. The molecule has 0 aliphatic rings. The molecule has 0 fully saturated rings. The predicted octanol–water partition coefficient (Wildman–Crippen LogP) is 4.42. The van der Waals surface area contributed by atoms with Gasteiger partial charge in [-0.1, -0.05) is 41.6 Å². The second kappa shape index (κ2) is 6.83. The lowest BCUT2D eigenvalue weighted by molar-refractivity contribution is 0.288.